The Morgan fingerprint density at radius 2 is 1.79 bits per heavy atom. The Labute approximate surface area is 143 Å². The number of rotatable bonds is 4. The molecule has 128 valence electrons. The first-order valence-electron chi connectivity index (χ1n) is 6.23. The van der Waals surface area contributed by atoms with Gasteiger partial charge in [-0.1, -0.05) is 6.07 Å². The van der Waals surface area contributed by atoms with Gasteiger partial charge < -0.3 is 5.11 Å². The van der Waals surface area contributed by atoms with E-state index in [9.17, 15) is 26.4 Å². The van der Waals surface area contributed by atoms with Crippen LogP contribution in [0, 0.1) is 0 Å². The fourth-order valence-corrected chi connectivity index (χ4v) is 3.95. The summed E-state index contributed by atoms with van der Waals surface area (Å²) in [5, 5.41) is 8.85. The summed E-state index contributed by atoms with van der Waals surface area (Å²) in [5.74, 6) is -1.24. The zero-order valence-electron chi connectivity index (χ0n) is 11.6. The largest absolute Gasteiger partial charge is 0.478 e. The number of aromatic carboxylic acids is 1. The van der Waals surface area contributed by atoms with Crippen LogP contribution in [0.2, 0.25) is 0 Å². The molecule has 0 aliphatic carbocycles. The van der Waals surface area contributed by atoms with Gasteiger partial charge in [0.05, 0.1) is 11.1 Å². The molecular weight excluding hydrogens is 415 g/mol. The monoisotopic (exact) mass is 423 g/mol. The van der Waals surface area contributed by atoms with Crippen LogP contribution in [0.5, 0.6) is 0 Å². The Kier molecular flexibility index (Phi) is 4.90. The third kappa shape index (κ3) is 4.06. The maximum atomic E-state index is 12.7. The van der Waals surface area contributed by atoms with Crippen molar-refractivity contribution in [1.82, 2.24) is 0 Å². The van der Waals surface area contributed by atoms with E-state index < -0.39 is 27.7 Å². The lowest BCUT2D eigenvalue weighted by atomic mass is 10.2. The summed E-state index contributed by atoms with van der Waals surface area (Å²) in [7, 11) is -4.21. The summed E-state index contributed by atoms with van der Waals surface area (Å²) >= 11 is 2.95. The Morgan fingerprint density at radius 3 is 2.33 bits per heavy atom. The number of anilines is 1. The molecule has 0 radical (unpaired) electrons. The standard InChI is InChI=1S/C14H9BrF3NO4S/c15-11-6-8(13(20)21)4-5-12(11)24(22,23)19-10-3-1-2-9(7-10)14(16,17)18/h1-7,19H,(H,20,21). The maximum Gasteiger partial charge on any atom is 0.416 e. The van der Waals surface area contributed by atoms with Gasteiger partial charge in [0, 0.05) is 10.2 Å². The first-order valence-corrected chi connectivity index (χ1v) is 8.51. The molecule has 0 saturated carbocycles. The highest BCUT2D eigenvalue weighted by Crippen LogP contribution is 2.32. The molecule has 0 spiro atoms. The number of hydrogen-bond acceptors (Lipinski definition) is 3. The molecule has 0 heterocycles. The van der Waals surface area contributed by atoms with Crippen LogP contribution in [0.15, 0.2) is 51.8 Å². The summed E-state index contributed by atoms with van der Waals surface area (Å²) in [6, 6.07) is 6.93. The summed E-state index contributed by atoms with van der Waals surface area (Å²) in [5.41, 5.74) is -1.40. The van der Waals surface area contributed by atoms with Crippen LogP contribution in [-0.4, -0.2) is 19.5 Å². The van der Waals surface area contributed by atoms with Gasteiger partial charge in [0.15, 0.2) is 0 Å². The lowest BCUT2D eigenvalue weighted by Crippen LogP contribution is -2.15. The zero-order chi connectivity index (χ0) is 18.1. The van der Waals surface area contributed by atoms with Crippen molar-refractivity contribution in [1.29, 1.82) is 0 Å². The highest BCUT2D eigenvalue weighted by molar-refractivity contribution is 9.10. The number of carbonyl (C=O) groups is 1. The molecule has 2 aromatic carbocycles. The molecule has 2 aromatic rings. The molecule has 10 heteroatoms. The third-order valence-electron chi connectivity index (χ3n) is 2.91. The Bertz CT molecular complexity index is 897. The predicted molar refractivity (Wildman–Crippen MR) is 83.4 cm³/mol. The molecule has 0 aliphatic heterocycles. The molecule has 0 atom stereocenters. The molecule has 2 N–H and O–H groups in total. The molecule has 0 fully saturated rings. The van der Waals surface area contributed by atoms with Crippen molar-refractivity contribution in [2.24, 2.45) is 0 Å². The molecular formula is C14H9BrF3NO4S. The van der Waals surface area contributed by atoms with Crippen LogP contribution in [0.3, 0.4) is 0 Å². The Hall–Kier alpha value is -2.07. The van der Waals surface area contributed by atoms with Crippen molar-refractivity contribution < 1.29 is 31.5 Å². The van der Waals surface area contributed by atoms with Crippen LogP contribution < -0.4 is 4.72 Å². The van der Waals surface area contributed by atoms with Crippen molar-refractivity contribution in [2.45, 2.75) is 11.1 Å². The van der Waals surface area contributed by atoms with Gasteiger partial charge in [-0.3, -0.25) is 4.72 Å². The van der Waals surface area contributed by atoms with E-state index in [1.165, 1.54) is 6.07 Å². The number of benzene rings is 2. The molecule has 2 rings (SSSR count). The topological polar surface area (TPSA) is 83.5 Å². The van der Waals surface area contributed by atoms with Crippen molar-refractivity contribution in [3.05, 3.63) is 58.1 Å². The van der Waals surface area contributed by atoms with Gasteiger partial charge >= 0.3 is 12.1 Å². The van der Waals surface area contributed by atoms with E-state index in [1.807, 2.05) is 4.72 Å². The van der Waals surface area contributed by atoms with Gasteiger partial charge in [-0.25, -0.2) is 13.2 Å². The highest BCUT2D eigenvalue weighted by Gasteiger charge is 2.31. The van der Waals surface area contributed by atoms with Gasteiger partial charge in [-0.05, 0) is 52.3 Å². The molecule has 0 aliphatic rings. The Balaban J connectivity index is 2.37. The van der Waals surface area contributed by atoms with Crippen LogP contribution in [0.4, 0.5) is 18.9 Å². The first-order chi connectivity index (χ1) is 11.0. The van der Waals surface area contributed by atoms with Crippen molar-refractivity contribution >= 4 is 37.6 Å². The molecule has 24 heavy (non-hydrogen) atoms. The second-order valence-electron chi connectivity index (χ2n) is 4.63. The second-order valence-corrected chi connectivity index (χ2v) is 7.14. The van der Waals surface area contributed by atoms with E-state index in [0.717, 1.165) is 30.3 Å². The average molecular weight is 424 g/mol. The van der Waals surface area contributed by atoms with E-state index in [2.05, 4.69) is 15.9 Å². The van der Waals surface area contributed by atoms with Crippen molar-refractivity contribution in [3.63, 3.8) is 0 Å². The van der Waals surface area contributed by atoms with E-state index in [1.54, 1.807) is 0 Å². The summed E-state index contributed by atoms with van der Waals surface area (Å²) in [6.45, 7) is 0. The van der Waals surface area contributed by atoms with Crippen molar-refractivity contribution in [2.75, 3.05) is 4.72 Å². The minimum Gasteiger partial charge on any atom is -0.478 e. The van der Waals surface area contributed by atoms with Crippen LogP contribution in [-0.2, 0) is 16.2 Å². The van der Waals surface area contributed by atoms with Crippen LogP contribution in [0.25, 0.3) is 0 Å². The van der Waals surface area contributed by atoms with Gasteiger partial charge in [-0.2, -0.15) is 13.2 Å². The quantitative estimate of drug-likeness (QED) is 0.779. The van der Waals surface area contributed by atoms with Crippen LogP contribution >= 0.6 is 15.9 Å². The molecule has 0 unspecified atom stereocenters. The third-order valence-corrected chi connectivity index (χ3v) is 5.27. The predicted octanol–water partition coefficient (Wildman–Crippen LogP) is 3.97. The number of carboxylic acids is 1. The summed E-state index contributed by atoms with van der Waals surface area (Å²) in [6.07, 6.45) is -4.61. The number of sulfonamides is 1. The SMILES string of the molecule is O=C(O)c1ccc(S(=O)(=O)Nc2cccc(C(F)(F)F)c2)c(Br)c1. The highest BCUT2D eigenvalue weighted by atomic mass is 79.9. The molecule has 0 amide bonds. The zero-order valence-corrected chi connectivity index (χ0v) is 14.0. The number of alkyl halides is 3. The summed E-state index contributed by atoms with van der Waals surface area (Å²) < 4.78 is 64.6. The lowest BCUT2D eigenvalue weighted by Gasteiger charge is -2.12. The van der Waals surface area contributed by atoms with Crippen molar-refractivity contribution in [3.8, 4) is 0 Å². The number of hydrogen-bond donors (Lipinski definition) is 2. The van der Waals surface area contributed by atoms with E-state index >= 15 is 0 Å². The molecule has 0 saturated heterocycles. The fourth-order valence-electron chi connectivity index (χ4n) is 1.82. The van der Waals surface area contributed by atoms with Gasteiger partial charge in [0.25, 0.3) is 10.0 Å². The normalized spacial score (nSPS) is 12.0. The first kappa shape index (κ1) is 18.3. The minimum absolute atomic E-state index is 0.0260. The molecule has 0 bridgehead atoms. The van der Waals surface area contributed by atoms with Crippen LogP contribution in [0.1, 0.15) is 15.9 Å². The van der Waals surface area contributed by atoms with E-state index in [-0.39, 0.29) is 20.6 Å². The smallest absolute Gasteiger partial charge is 0.416 e. The van der Waals surface area contributed by atoms with Gasteiger partial charge in [0.2, 0.25) is 0 Å². The van der Waals surface area contributed by atoms with Gasteiger partial charge in [-0.15, -0.1) is 0 Å². The summed E-state index contributed by atoms with van der Waals surface area (Å²) in [4.78, 5) is 10.5. The lowest BCUT2D eigenvalue weighted by molar-refractivity contribution is -0.137. The van der Waals surface area contributed by atoms with E-state index in [4.69, 9.17) is 5.11 Å². The number of carboxylic acid groups (broad SMARTS) is 1. The average Bonchev–Trinajstić information content (AvgIpc) is 2.45. The second kappa shape index (κ2) is 6.44. The minimum atomic E-state index is -4.61. The maximum absolute atomic E-state index is 12.7. The fraction of sp³-hybridized carbons (Fsp3) is 0.0714. The molecule has 0 aromatic heterocycles. The number of nitrogens with one attached hydrogen (secondary N) is 1. The molecule has 5 nitrogen and oxygen atoms in total. The Morgan fingerprint density at radius 1 is 1.12 bits per heavy atom. The van der Waals surface area contributed by atoms with Gasteiger partial charge in [0.1, 0.15) is 4.90 Å². The number of halogens is 4. The van der Waals surface area contributed by atoms with E-state index in [0.29, 0.717) is 6.07 Å².